The molecule has 176 valence electrons. The van der Waals surface area contributed by atoms with E-state index < -0.39 is 10.0 Å². The highest BCUT2D eigenvalue weighted by Crippen LogP contribution is 2.41. The number of nitrogens with one attached hydrogen (secondary N) is 1. The molecule has 1 aromatic carbocycles. The van der Waals surface area contributed by atoms with Crippen LogP contribution in [-0.4, -0.2) is 88.8 Å². The molecule has 0 spiro atoms. The van der Waals surface area contributed by atoms with E-state index >= 15 is 0 Å². The van der Waals surface area contributed by atoms with E-state index in [4.69, 9.17) is 0 Å². The number of sulfonamides is 1. The molecule has 2 amide bonds. The van der Waals surface area contributed by atoms with E-state index in [2.05, 4.69) is 10.2 Å². The van der Waals surface area contributed by atoms with Crippen LogP contribution >= 0.6 is 0 Å². The normalized spacial score (nSPS) is 21.6. The number of amides is 2. The average molecular weight is 464 g/mol. The number of benzene rings is 1. The summed E-state index contributed by atoms with van der Waals surface area (Å²) >= 11 is 0. The van der Waals surface area contributed by atoms with Gasteiger partial charge in [-0.2, -0.15) is 4.31 Å². The van der Waals surface area contributed by atoms with Crippen LogP contribution in [0.5, 0.6) is 0 Å². The fourth-order valence-corrected chi connectivity index (χ4v) is 6.29. The summed E-state index contributed by atoms with van der Waals surface area (Å²) in [4.78, 5) is 31.7. The number of carbonyl (C=O) groups is 2. The number of fused-ring (bicyclic) bond motifs is 3. The lowest BCUT2D eigenvalue weighted by atomic mass is 9.96. The third-order valence-corrected chi connectivity index (χ3v) is 8.38. The quantitative estimate of drug-likeness (QED) is 0.645. The lowest BCUT2D eigenvalue weighted by Gasteiger charge is -2.45. The maximum absolute atomic E-state index is 13.4. The largest absolute Gasteiger partial charge is 0.358 e. The van der Waals surface area contributed by atoms with Crippen LogP contribution in [0.4, 0.5) is 11.4 Å². The van der Waals surface area contributed by atoms with Gasteiger partial charge in [0, 0.05) is 32.7 Å². The molecule has 32 heavy (non-hydrogen) atoms. The number of hydrogen-bond donors (Lipinski definition) is 1. The van der Waals surface area contributed by atoms with Gasteiger partial charge in [0.2, 0.25) is 21.8 Å². The van der Waals surface area contributed by atoms with Crippen molar-refractivity contribution in [1.29, 1.82) is 0 Å². The number of carbonyl (C=O) groups excluding carboxylic acids is 2. The van der Waals surface area contributed by atoms with Crippen molar-refractivity contribution in [3.05, 3.63) is 18.2 Å². The second-order valence-electron chi connectivity index (χ2n) is 9.04. The summed E-state index contributed by atoms with van der Waals surface area (Å²) in [6, 6.07) is 4.73. The van der Waals surface area contributed by atoms with Crippen LogP contribution in [0.2, 0.25) is 0 Å². The van der Waals surface area contributed by atoms with Gasteiger partial charge in [0.15, 0.2) is 0 Å². The van der Waals surface area contributed by atoms with Crippen molar-refractivity contribution < 1.29 is 18.0 Å². The maximum atomic E-state index is 13.4. The van der Waals surface area contributed by atoms with Gasteiger partial charge in [-0.15, -0.1) is 0 Å². The van der Waals surface area contributed by atoms with E-state index in [-0.39, 0.29) is 29.3 Å². The molecule has 0 bridgehead atoms. The predicted molar refractivity (Wildman–Crippen MR) is 123 cm³/mol. The van der Waals surface area contributed by atoms with Crippen LogP contribution in [0.15, 0.2) is 23.1 Å². The molecule has 1 N–H and O–H groups in total. The highest BCUT2D eigenvalue weighted by Gasteiger charge is 2.41. The Labute approximate surface area is 190 Å². The Bertz CT molecular complexity index is 975. The van der Waals surface area contributed by atoms with Gasteiger partial charge >= 0.3 is 0 Å². The van der Waals surface area contributed by atoms with Gasteiger partial charge in [-0.05, 0) is 64.4 Å². The Balaban J connectivity index is 1.66. The first-order chi connectivity index (χ1) is 15.3. The minimum Gasteiger partial charge on any atom is -0.358 e. The molecule has 2 saturated heterocycles. The van der Waals surface area contributed by atoms with E-state index in [0.29, 0.717) is 31.9 Å². The smallest absolute Gasteiger partial charge is 0.250 e. The Morgan fingerprint density at radius 3 is 2.53 bits per heavy atom. The molecule has 0 aliphatic carbocycles. The lowest BCUT2D eigenvalue weighted by Crippen LogP contribution is -2.57. The van der Waals surface area contributed by atoms with Gasteiger partial charge in [-0.3, -0.25) is 14.5 Å². The predicted octanol–water partition coefficient (Wildman–Crippen LogP) is 0.854. The lowest BCUT2D eigenvalue weighted by molar-refractivity contribution is -0.125. The summed E-state index contributed by atoms with van der Waals surface area (Å²) in [6.45, 7) is 2.86. The summed E-state index contributed by atoms with van der Waals surface area (Å²) < 4.78 is 27.8. The van der Waals surface area contributed by atoms with Gasteiger partial charge in [0.1, 0.15) is 12.6 Å². The van der Waals surface area contributed by atoms with Crippen molar-refractivity contribution in [3.63, 3.8) is 0 Å². The number of piperidine rings is 1. The fraction of sp³-hybridized carbons (Fsp3) is 0.636. The van der Waals surface area contributed by atoms with Crippen LogP contribution in [0.25, 0.3) is 0 Å². The minimum atomic E-state index is -3.62. The number of anilines is 2. The van der Waals surface area contributed by atoms with Gasteiger partial charge < -0.3 is 15.1 Å². The average Bonchev–Trinajstić information content (AvgIpc) is 3.32. The number of rotatable bonds is 7. The molecule has 3 aliphatic rings. The topological polar surface area (TPSA) is 93.3 Å². The zero-order valence-electron chi connectivity index (χ0n) is 18.9. The van der Waals surface area contributed by atoms with Crippen LogP contribution < -0.4 is 15.1 Å². The molecule has 0 radical (unpaired) electrons. The number of hydrogen-bond acceptors (Lipinski definition) is 6. The first kappa shape index (κ1) is 23.0. The van der Waals surface area contributed by atoms with Crippen LogP contribution in [0, 0.1) is 0 Å². The van der Waals surface area contributed by atoms with Crippen molar-refractivity contribution in [2.24, 2.45) is 0 Å². The van der Waals surface area contributed by atoms with Gasteiger partial charge in [0.25, 0.3) is 0 Å². The van der Waals surface area contributed by atoms with Gasteiger partial charge in [0.05, 0.1) is 16.3 Å². The molecule has 3 aliphatic heterocycles. The number of nitrogens with zero attached hydrogens (tertiary/aromatic N) is 4. The van der Waals surface area contributed by atoms with Gasteiger partial charge in [-0.1, -0.05) is 0 Å². The van der Waals surface area contributed by atoms with Crippen molar-refractivity contribution in [2.75, 3.05) is 63.2 Å². The second-order valence-corrected chi connectivity index (χ2v) is 11.0. The van der Waals surface area contributed by atoms with Gasteiger partial charge in [-0.25, -0.2) is 8.42 Å². The van der Waals surface area contributed by atoms with Crippen LogP contribution in [0.1, 0.15) is 32.1 Å². The zero-order chi connectivity index (χ0) is 22.9. The Morgan fingerprint density at radius 1 is 1.09 bits per heavy atom. The molecular weight excluding hydrogens is 430 g/mol. The Kier molecular flexibility index (Phi) is 6.73. The molecule has 0 aromatic heterocycles. The minimum absolute atomic E-state index is 0.114. The fourth-order valence-electron chi connectivity index (χ4n) is 4.76. The van der Waals surface area contributed by atoms with Crippen molar-refractivity contribution in [2.45, 2.75) is 43.0 Å². The molecule has 2 fully saturated rings. The first-order valence-corrected chi connectivity index (χ1v) is 12.9. The van der Waals surface area contributed by atoms with Crippen LogP contribution in [0.3, 0.4) is 0 Å². The maximum Gasteiger partial charge on any atom is 0.250 e. The van der Waals surface area contributed by atoms with Crippen molar-refractivity contribution in [3.8, 4) is 0 Å². The SMILES string of the molecule is CN(C)CCNC(=O)CN1C(=O)[C@@H]2CCCCN2c2ccc(S(=O)(=O)N3CCCC3)cc21. The van der Waals surface area contributed by atoms with Crippen molar-refractivity contribution in [1.82, 2.24) is 14.5 Å². The van der Waals surface area contributed by atoms with E-state index in [9.17, 15) is 18.0 Å². The molecule has 9 nitrogen and oxygen atoms in total. The van der Waals surface area contributed by atoms with E-state index in [1.807, 2.05) is 19.0 Å². The number of likely N-dealkylation sites (N-methyl/N-ethyl adjacent to an activating group) is 1. The highest BCUT2D eigenvalue weighted by molar-refractivity contribution is 7.89. The standard InChI is InChI=1S/C22H33N5O4S/c1-24(2)14-10-23-21(28)16-27-20-15-17(32(30,31)25-11-5-6-12-25)8-9-18(20)26-13-4-3-7-19(26)22(27)29/h8-9,15,19H,3-7,10-14,16H2,1-2H3,(H,23,28)/t19-/m0/s1. The Hall–Kier alpha value is -2.17. The molecule has 0 saturated carbocycles. The van der Waals surface area contributed by atoms with Crippen molar-refractivity contribution >= 4 is 33.2 Å². The van der Waals surface area contributed by atoms with E-state index in [1.165, 1.54) is 9.21 Å². The summed E-state index contributed by atoms with van der Waals surface area (Å²) in [5.41, 5.74) is 1.34. The second kappa shape index (κ2) is 9.36. The molecular formula is C22H33N5O4S. The summed E-state index contributed by atoms with van der Waals surface area (Å²) in [6.07, 6.45) is 4.41. The summed E-state index contributed by atoms with van der Waals surface area (Å²) in [5, 5.41) is 2.86. The third kappa shape index (κ3) is 4.49. The monoisotopic (exact) mass is 463 g/mol. The molecule has 1 aromatic rings. The highest BCUT2D eigenvalue weighted by atomic mass is 32.2. The van der Waals surface area contributed by atoms with Crippen LogP contribution in [-0.2, 0) is 19.6 Å². The summed E-state index contributed by atoms with van der Waals surface area (Å²) in [5.74, 6) is -0.376. The summed E-state index contributed by atoms with van der Waals surface area (Å²) in [7, 11) is 0.231. The van der Waals surface area contributed by atoms with E-state index in [0.717, 1.165) is 44.3 Å². The first-order valence-electron chi connectivity index (χ1n) is 11.4. The Morgan fingerprint density at radius 2 is 1.81 bits per heavy atom. The van der Waals surface area contributed by atoms with E-state index in [1.54, 1.807) is 18.2 Å². The molecule has 4 rings (SSSR count). The molecule has 1 atom stereocenters. The third-order valence-electron chi connectivity index (χ3n) is 6.49. The zero-order valence-corrected chi connectivity index (χ0v) is 19.7. The molecule has 10 heteroatoms. The molecule has 3 heterocycles. The molecule has 0 unspecified atom stereocenters.